The summed E-state index contributed by atoms with van der Waals surface area (Å²) in [5.41, 5.74) is 0. The topological polar surface area (TPSA) is 98.7 Å². The van der Waals surface area contributed by atoms with Gasteiger partial charge in [-0.1, -0.05) is 19.8 Å². The van der Waals surface area contributed by atoms with Crippen LogP contribution in [-0.2, 0) is 9.59 Å². The van der Waals surface area contributed by atoms with Crippen molar-refractivity contribution < 1.29 is 19.5 Å². The molecule has 3 amide bonds. The average molecular weight is 285 g/mol. The Morgan fingerprint density at radius 2 is 1.90 bits per heavy atom. The summed E-state index contributed by atoms with van der Waals surface area (Å²) in [6, 6.07) is -1.08. The molecule has 0 bridgehead atoms. The molecule has 0 aromatic heterocycles. The highest BCUT2D eigenvalue weighted by atomic mass is 16.4. The van der Waals surface area contributed by atoms with E-state index >= 15 is 0 Å². The maximum Gasteiger partial charge on any atom is 0.321 e. The van der Waals surface area contributed by atoms with E-state index in [0.717, 1.165) is 25.7 Å². The van der Waals surface area contributed by atoms with Gasteiger partial charge in [0.15, 0.2) is 0 Å². The predicted molar refractivity (Wildman–Crippen MR) is 73.3 cm³/mol. The molecule has 1 saturated carbocycles. The monoisotopic (exact) mass is 285 g/mol. The number of carboxylic acids is 1. The second-order valence-corrected chi connectivity index (χ2v) is 5.18. The van der Waals surface area contributed by atoms with Crippen LogP contribution in [0.25, 0.3) is 0 Å². The fourth-order valence-corrected chi connectivity index (χ4v) is 2.47. The first-order valence-corrected chi connectivity index (χ1v) is 6.97. The Balaban J connectivity index is 2.34. The van der Waals surface area contributed by atoms with Gasteiger partial charge in [-0.3, -0.25) is 19.8 Å². The quantitative estimate of drug-likeness (QED) is 0.662. The van der Waals surface area contributed by atoms with E-state index in [2.05, 4.69) is 10.6 Å². The highest BCUT2D eigenvalue weighted by Crippen LogP contribution is 2.17. The SMILES string of the molecule is CCC(C(=O)O)N(C)CC(=O)NC(=O)NC1CCCC1. The van der Waals surface area contributed by atoms with Crippen LogP contribution in [0, 0.1) is 0 Å². The molecule has 1 atom stereocenters. The Hall–Kier alpha value is -1.63. The Morgan fingerprint density at radius 1 is 1.30 bits per heavy atom. The van der Waals surface area contributed by atoms with Crippen LogP contribution < -0.4 is 10.6 Å². The summed E-state index contributed by atoms with van der Waals surface area (Å²) in [6.45, 7) is 1.61. The molecule has 3 N–H and O–H groups in total. The molecule has 1 unspecified atom stereocenters. The average Bonchev–Trinajstić information content (AvgIpc) is 2.81. The number of hydrogen-bond acceptors (Lipinski definition) is 4. The lowest BCUT2D eigenvalue weighted by molar-refractivity contribution is -0.143. The molecule has 0 spiro atoms. The summed E-state index contributed by atoms with van der Waals surface area (Å²) in [5, 5.41) is 14.0. The summed E-state index contributed by atoms with van der Waals surface area (Å²) in [4.78, 5) is 35.6. The van der Waals surface area contributed by atoms with Crippen LogP contribution in [0.5, 0.6) is 0 Å². The van der Waals surface area contributed by atoms with E-state index in [-0.39, 0.29) is 12.6 Å². The maximum atomic E-state index is 11.7. The van der Waals surface area contributed by atoms with Crippen molar-refractivity contribution >= 4 is 17.9 Å². The molecule has 0 radical (unpaired) electrons. The normalized spacial score (nSPS) is 16.9. The minimum Gasteiger partial charge on any atom is -0.480 e. The van der Waals surface area contributed by atoms with Crippen LogP contribution >= 0.6 is 0 Å². The number of nitrogens with one attached hydrogen (secondary N) is 2. The van der Waals surface area contributed by atoms with E-state index in [1.807, 2.05) is 0 Å². The first kappa shape index (κ1) is 16.4. The number of imide groups is 1. The summed E-state index contributed by atoms with van der Waals surface area (Å²) >= 11 is 0. The molecule has 114 valence electrons. The Labute approximate surface area is 118 Å². The van der Waals surface area contributed by atoms with Crippen molar-refractivity contribution in [3.8, 4) is 0 Å². The van der Waals surface area contributed by atoms with E-state index in [1.165, 1.54) is 4.90 Å². The van der Waals surface area contributed by atoms with E-state index in [9.17, 15) is 14.4 Å². The van der Waals surface area contributed by atoms with Crippen LogP contribution in [0.2, 0.25) is 0 Å². The number of hydrogen-bond donors (Lipinski definition) is 3. The number of carbonyl (C=O) groups is 3. The fourth-order valence-electron chi connectivity index (χ4n) is 2.47. The second kappa shape index (κ2) is 7.84. The van der Waals surface area contributed by atoms with Crippen molar-refractivity contribution in [2.45, 2.75) is 51.1 Å². The molecule has 7 nitrogen and oxygen atoms in total. The largest absolute Gasteiger partial charge is 0.480 e. The van der Waals surface area contributed by atoms with E-state index in [1.54, 1.807) is 14.0 Å². The maximum absolute atomic E-state index is 11.7. The molecule has 1 aliphatic carbocycles. The molecule has 1 rings (SSSR count). The van der Waals surface area contributed by atoms with Gasteiger partial charge in [0.1, 0.15) is 6.04 Å². The second-order valence-electron chi connectivity index (χ2n) is 5.18. The molecule has 0 heterocycles. The highest BCUT2D eigenvalue weighted by molar-refractivity contribution is 5.95. The van der Waals surface area contributed by atoms with Crippen LogP contribution in [0.15, 0.2) is 0 Å². The van der Waals surface area contributed by atoms with Gasteiger partial charge in [-0.05, 0) is 26.3 Å². The number of rotatable bonds is 6. The molecular formula is C13H23N3O4. The molecule has 1 fully saturated rings. The molecule has 7 heteroatoms. The van der Waals surface area contributed by atoms with E-state index in [0.29, 0.717) is 6.42 Å². The van der Waals surface area contributed by atoms with Gasteiger partial charge in [0.05, 0.1) is 6.54 Å². The van der Waals surface area contributed by atoms with Crippen molar-refractivity contribution in [2.75, 3.05) is 13.6 Å². The van der Waals surface area contributed by atoms with Crippen molar-refractivity contribution in [2.24, 2.45) is 0 Å². The first-order chi connectivity index (χ1) is 9.43. The molecular weight excluding hydrogens is 262 g/mol. The molecule has 0 aromatic carbocycles. The van der Waals surface area contributed by atoms with Gasteiger partial charge in [0.25, 0.3) is 0 Å². The van der Waals surface area contributed by atoms with Crippen molar-refractivity contribution in [1.82, 2.24) is 15.5 Å². The number of amides is 3. The summed E-state index contributed by atoms with van der Waals surface area (Å²) in [7, 11) is 1.55. The predicted octanol–water partition coefficient (Wildman–Crippen LogP) is 0.550. The zero-order valence-corrected chi connectivity index (χ0v) is 12.0. The molecule has 1 aliphatic rings. The lowest BCUT2D eigenvalue weighted by atomic mass is 10.2. The lowest BCUT2D eigenvalue weighted by Crippen LogP contribution is -2.49. The Morgan fingerprint density at radius 3 is 2.40 bits per heavy atom. The zero-order valence-electron chi connectivity index (χ0n) is 12.0. The van der Waals surface area contributed by atoms with Gasteiger partial charge in [-0.25, -0.2) is 4.79 Å². The summed E-state index contributed by atoms with van der Waals surface area (Å²) in [5.74, 6) is -1.47. The third-order valence-corrected chi connectivity index (χ3v) is 3.54. The molecule has 0 saturated heterocycles. The van der Waals surface area contributed by atoms with Gasteiger partial charge < -0.3 is 10.4 Å². The van der Waals surface area contributed by atoms with Crippen molar-refractivity contribution in [1.29, 1.82) is 0 Å². The number of aliphatic carboxylic acids is 1. The van der Waals surface area contributed by atoms with E-state index < -0.39 is 23.9 Å². The third kappa shape index (κ3) is 5.16. The molecule has 0 aliphatic heterocycles. The van der Waals surface area contributed by atoms with Crippen LogP contribution in [0.1, 0.15) is 39.0 Å². The standard InChI is InChI=1S/C13H23N3O4/c1-3-10(12(18)19)16(2)8-11(17)15-13(20)14-9-6-4-5-7-9/h9-10H,3-8H2,1-2H3,(H,18,19)(H2,14,15,17,20). The van der Waals surface area contributed by atoms with Gasteiger partial charge in [0, 0.05) is 6.04 Å². The van der Waals surface area contributed by atoms with Gasteiger partial charge in [-0.2, -0.15) is 0 Å². The zero-order chi connectivity index (χ0) is 15.1. The highest BCUT2D eigenvalue weighted by Gasteiger charge is 2.23. The number of carboxylic acid groups (broad SMARTS) is 1. The first-order valence-electron chi connectivity index (χ1n) is 6.97. The van der Waals surface area contributed by atoms with Crippen LogP contribution in [0.3, 0.4) is 0 Å². The smallest absolute Gasteiger partial charge is 0.321 e. The number of carbonyl (C=O) groups excluding carboxylic acids is 2. The number of nitrogens with zero attached hydrogens (tertiary/aromatic N) is 1. The Kier molecular flexibility index (Phi) is 6.44. The Bertz CT molecular complexity index is 367. The van der Waals surface area contributed by atoms with E-state index in [4.69, 9.17) is 5.11 Å². The lowest BCUT2D eigenvalue weighted by Gasteiger charge is -2.22. The minimum absolute atomic E-state index is 0.122. The van der Waals surface area contributed by atoms with Crippen molar-refractivity contribution in [3.05, 3.63) is 0 Å². The van der Waals surface area contributed by atoms with Crippen molar-refractivity contribution in [3.63, 3.8) is 0 Å². The van der Waals surface area contributed by atoms with Gasteiger partial charge in [-0.15, -0.1) is 0 Å². The van der Waals surface area contributed by atoms with Crippen LogP contribution in [-0.4, -0.2) is 53.6 Å². The number of likely N-dealkylation sites (N-methyl/N-ethyl adjacent to an activating group) is 1. The summed E-state index contributed by atoms with van der Waals surface area (Å²) in [6.07, 6.45) is 4.47. The summed E-state index contributed by atoms with van der Waals surface area (Å²) < 4.78 is 0. The van der Waals surface area contributed by atoms with Crippen LogP contribution in [0.4, 0.5) is 4.79 Å². The molecule has 20 heavy (non-hydrogen) atoms. The van der Waals surface area contributed by atoms with Gasteiger partial charge in [0.2, 0.25) is 5.91 Å². The fraction of sp³-hybridized carbons (Fsp3) is 0.769. The number of urea groups is 1. The minimum atomic E-state index is -0.974. The third-order valence-electron chi connectivity index (χ3n) is 3.54. The van der Waals surface area contributed by atoms with Gasteiger partial charge >= 0.3 is 12.0 Å². The molecule has 0 aromatic rings.